The predicted octanol–water partition coefficient (Wildman–Crippen LogP) is 3.30. The first kappa shape index (κ1) is 17.2. The van der Waals surface area contributed by atoms with E-state index in [0.717, 1.165) is 23.1 Å². The summed E-state index contributed by atoms with van der Waals surface area (Å²) in [5.41, 5.74) is 8.84. The largest absolute Gasteiger partial charge is 0.383 e. The summed E-state index contributed by atoms with van der Waals surface area (Å²) >= 11 is 1.71. The maximum atomic E-state index is 13.5. The highest BCUT2D eigenvalue weighted by atomic mass is 32.1. The van der Waals surface area contributed by atoms with E-state index in [2.05, 4.69) is 20.4 Å². The van der Waals surface area contributed by atoms with Gasteiger partial charge >= 0.3 is 0 Å². The Hall–Kier alpha value is -2.94. The Morgan fingerprint density at radius 3 is 2.93 bits per heavy atom. The number of nitrogen functional groups attached to an aromatic ring is 1. The molecule has 0 unspecified atom stereocenters. The molecule has 3 aromatic heterocycles. The van der Waals surface area contributed by atoms with Gasteiger partial charge in [-0.2, -0.15) is 4.80 Å². The molecule has 0 spiro atoms. The molecular formula is C19H18FN7S. The lowest BCUT2D eigenvalue weighted by Gasteiger charge is -2.10. The fourth-order valence-corrected chi connectivity index (χ4v) is 4.93. The molecule has 4 aromatic rings. The molecule has 0 saturated heterocycles. The molecule has 1 aromatic carbocycles. The molecule has 0 saturated carbocycles. The van der Waals surface area contributed by atoms with E-state index in [4.69, 9.17) is 10.7 Å². The van der Waals surface area contributed by atoms with E-state index < -0.39 is 0 Å². The number of anilines is 1. The number of benzene rings is 1. The summed E-state index contributed by atoms with van der Waals surface area (Å²) in [5.74, 6) is 1.26. The molecule has 28 heavy (non-hydrogen) atoms. The van der Waals surface area contributed by atoms with Crippen LogP contribution in [-0.2, 0) is 19.4 Å². The highest BCUT2D eigenvalue weighted by Crippen LogP contribution is 2.37. The Labute approximate surface area is 164 Å². The topological polar surface area (TPSA) is 95.4 Å². The van der Waals surface area contributed by atoms with E-state index in [1.54, 1.807) is 30.4 Å². The average Bonchev–Trinajstić information content (AvgIpc) is 3.28. The summed E-state index contributed by atoms with van der Waals surface area (Å²) in [6, 6.07) is 4.75. The molecule has 0 fully saturated rings. The van der Waals surface area contributed by atoms with Crippen LogP contribution in [0.1, 0.15) is 34.7 Å². The number of nitrogens with zero attached hydrogens (tertiary/aromatic N) is 6. The summed E-state index contributed by atoms with van der Waals surface area (Å²) in [6.07, 6.45) is 4.55. The number of tetrazole rings is 1. The van der Waals surface area contributed by atoms with Crippen molar-refractivity contribution in [1.29, 1.82) is 0 Å². The molecule has 0 atom stereocenters. The van der Waals surface area contributed by atoms with Gasteiger partial charge in [0.2, 0.25) is 5.82 Å². The van der Waals surface area contributed by atoms with Crippen LogP contribution >= 0.6 is 11.3 Å². The third-order valence-electron chi connectivity index (χ3n) is 5.04. The van der Waals surface area contributed by atoms with E-state index in [1.165, 1.54) is 34.1 Å². The second-order valence-corrected chi connectivity index (χ2v) is 8.11. The van der Waals surface area contributed by atoms with Crippen LogP contribution in [0.2, 0.25) is 0 Å². The highest BCUT2D eigenvalue weighted by Gasteiger charge is 2.20. The Morgan fingerprint density at radius 2 is 2.07 bits per heavy atom. The second kappa shape index (κ2) is 6.59. The van der Waals surface area contributed by atoms with Crippen molar-refractivity contribution in [2.75, 3.05) is 5.73 Å². The van der Waals surface area contributed by atoms with Crippen LogP contribution in [0.3, 0.4) is 0 Å². The quantitative estimate of drug-likeness (QED) is 0.572. The normalized spacial score (nSPS) is 13.8. The molecule has 9 heteroatoms. The summed E-state index contributed by atoms with van der Waals surface area (Å²) < 4.78 is 13.5. The molecule has 0 radical (unpaired) electrons. The van der Waals surface area contributed by atoms with Crippen LogP contribution in [0.15, 0.2) is 18.2 Å². The van der Waals surface area contributed by atoms with E-state index in [0.29, 0.717) is 28.6 Å². The first-order valence-corrected chi connectivity index (χ1v) is 10.0. The highest BCUT2D eigenvalue weighted by molar-refractivity contribution is 7.19. The van der Waals surface area contributed by atoms with Crippen LogP contribution in [0, 0.1) is 12.7 Å². The van der Waals surface area contributed by atoms with E-state index >= 15 is 0 Å². The Bertz CT molecular complexity index is 1200. The molecule has 142 valence electrons. The smallest absolute Gasteiger partial charge is 0.204 e. The Balaban J connectivity index is 1.45. The van der Waals surface area contributed by atoms with Crippen molar-refractivity contribution in [3.8, 4) is 11.4 Å². The van der Waals surface area contributed by atoms with Crippen LogP contribution in [-0.4, -0.2) is 30.2 Å². The number of thiophene rings is 1. The van der Waals surface area contributed by atoms with Gasteiger partial charge in [-0.3, -0.25) is 0 Å². The van der Waals surface area contributed by atoms with Gasteiger partial charge in [0.25, 0.3) is 0 Å². The maximum Gasteiger partial charge on any atom is 0.204 e. The van der Waals surface area contributed by atoms with Crippen LogP contribution in [0.4, 0.5) is 10.2 Å². The number of hydrogen-bond donors (Lipinski definition) is 1. The zero-order chi connectivity index (χ0) is 19.3. The molecule has 1 aliphatic carbocycles. The molecule has 0 aliphatic heterocycles. The van der Waals surface area contributed by atoms with Crippen LogP contribution in [0.5, 0.6) is 0 Å². The van der Waals surface area contributed by atoms with E-state index in [-0.39, 0.29) is 12.4 Å². The van der Waals surface area contributed by atoms with Gasteiger partial charge in [0, 0.05) is 10.4 Å². The van der Waals surface area contributed by atoms with Gasteiger partial charge in [0.05, 0.1) is 5.39 Å². The van der Waals surface area contributed by atoms with Crippen molar-refractivity contribution in [2.24, 2.45) is 0 Å². The number of hydrogen-bond acceptors (Lipinski definition) is 7. The monoisotopic (exact) mass is 395 g/mol. The van der Waals surface area contributed by atoms with Crippen molar-refractivity contribution >= 4 is 27.4 Å². The second-order valence-electron chi connectivity index (χ2n) is 7.02. The molecule has 7 nitrogen and oxygen atoms in total. The third-order valence-corrected chi connectivity index (χ3v) is 6.23. The minimum atomic E-state index is -0.257. The van der Waals surface area contributed by atoms with Gasteiger partial charge in [0.1, 0.15) is 23.0 Å². The zero-order valence-electron chi connectivity index (χ0n) is 15.3. The molecule has 0 bridgehead atoms. The summed E-state index contributed by atoms with van der Waals surface area (Å²) in [4.78, 5) is 12.9. The fourth-order valence-electron chi connectivity index (χ4n) is 3.64. The van der Waals surface area contributed by atoms with Crippen molar-refractivity contribution in [3.63, 3.8) is 0 Å². The van der Waals surface area contributed by atoms with Gasteiger partial charge in [-0.1, -0.05) is 0 Å². The summed E-state index contributed by atoms with van der Waals surface area (Å²) in [6.45, 7) is 1.98. The van der Waals surface area contributed by atoms with Crippen molar-refractivity contribution in [2.45, 2.75) is 39.2 Å². The van der Waals surface area contributed by atoms with E-state index in [1.807, 2.05) is 0 Å². The Kier molecular flexibility index (Phi) is 4.04. The first-order chi connectivity index (χ1) is 13.6. The third kappa shape index (κ3) is 2.91. The molecular weight excluding hydrogens is 377 g/mol. The predicted molar refractivity (Wildman–Crippen MR) is 106 cm³/mol. The molecule has 3 heterocycles. The number of rotatable bonds is 3. The summed E-state index contributed by atoms with van der Waals surface area (Å²) in [7, 11) is 0. The summed E-state index contributed by atoms with van der Waals surface area (Å²) in [5, 5.41) is 13.5. The van der Waals surface area contributed by atoms with Crippen molar-refractivity contribution < 1.29 is 4.39 Å². The van der Waals surface area contributed by atoms with Gasteiger partial charge < -0.3 is 5.73 Å². The number of fused-ring (bicyclic) bond motifs is 3. The number of nitrogens with two attached hydrogens (primary N) is 1. The lowest BCUT2D eigenvalue weighted by molar-refractivity contribution is 0.556. The van der Waals surface area contributed by atoms with E-state index in [9.17, 15) is 4.39 Å². The average molecular weight is 395 g/mol. The van der Waals surface area contributed by atoms with Crippen LogP contribution in [0.25, 0.3) is 21.6 Å². The van der Waals surface area contributed by atoms with Crippen molar-refractivity contribution in [1.82, 2.24) is 30.2 Å². The molecule has 1 aliphatic rings. The number of halogens is 1. The minimum Gasteiger partial charge on any atom is -0.383 e. The van der Waals surface area contributed by atoms with Crippen molar-refractivity contribution in [3.05, 3.63) is 45.8 Å². The Morgan fingerprint density at radius 1 is 1.21 bits per heavy atom. The fraction of sp³-hybridized carbons (Fsp3) is 0.316. The lowest BCUT2D eigenvalue weighted by atomic mass is 9.97. The number of aromatic nitrogens is 6. The zero-order valence-corrected chi connectivity index (χ0v) is 16.1. The first-order valence-electron chi connectivity index (χ1n) is 9.19. The minimum absolute atomic E-state index is 0.257. The van der Waals surface area contributed by atoms with Gasteiger partial charge in [-0.15, -0.1) is 21.5 Å². The number of aryl methyl sites for hydroxylation is 3. The van der Waals surface area contributed by atoms with Gasteiger partial charge in [-0.05, 0) is 67.1 Å². The molecule has 2 N–H and O–H groups in total. The SMILES string of the molecule is Cc1cc(-c2nnn(Cc3nc(N)c4c5c(sc4n3)CCCC5)n2)ccc1F. The standard InChI is InChI=1S/C19H18FN7S/c1-10-8-11(6-7-13(10)20)18-24-26-27(25-18)9-15-22-17(21)16-12-4-2-3-5-14(12)28-19(16)23-15/h6-8H,2-5,9H2,1H3,(H2,21,22,23). The lowest BCUT2D eigenvalue weighted by Crippen LogP contribution is -2.09. The van der Waals surface area contributed by atoms with Gasteiger partial charge in [0.15, 0.2) is 5.82 Å². The molecule has 5 rings (SSSR count). The molecule has 0 amide bonds. The maximum absolute atomic E-state index is 13.5. The van der Waals surface area contributed by atoms with Gasteiger partial charge in [-0.25, -0.2) is 14.4 Å². The van der Waals surface area contributed by atoms with Crippen LogP contribution < -0.4 is 5.73 Å².